The lowest BCUT2D eigenvalue weighted by Crippen LogP contribution is -2.32. The number of nitrogens with two attached hydrogens (primary N) is 1. The van der Waals surface area contributed by atoms with Crippen LogP contribution < -0.4 is 11.1 Å². The van der Waals surface area contributed by atoms with Gasteiger partial charge in [0, 0.05) is 19.6 Å². The van der Waals surface area contributed by atoms with Gasteiger partial charge in [-0.25, -0.2) is 4.98 Å². The molecule has 1 aromatic rings. The number of nitrogens with one attached hydrogen (secondary N) is 1. The Morgan fingerprint density at radius 2 is 2.38 bits per heavy atom. The molecule has 1 heterocycles. The van der Waals surface area contributed by atoms with Crippen molar-refractivity contribution >= 4 is 28.2 Å². The van der Waals surface area contributed by atoms with Gasteiger partial charge in [0.2, 0.25) is 0 Å². The van der Waals surface area contributed by atoms with E-state index < -0.39 is 0 Å². The Hall–Kier alpha value is -1.30. The molecule has 1 aromatic heterocycles. The van der Waals surface area contributed by atoms with Crippen molar-refractivity contribution in [3.63, 3.8) is 0 Å². The molecule has 1 amide bonds. The van der Waals surface area contributed by atoms with Crippen LogP contribution in [0.3, 0.4) is 0 Å². The maximum atomic E-state index is 12.2. The summed E-state index contributed by atoms with van der Waals surface area (Å²) in [6.07, 6.45) is 2.22. The number of amides is 1. The number of hydrogen-bond donors (Lipinski definition) is 2. The summed E-state index contributed by atoms with van der Waals surface area (Å²) < 4.78 is 0. The van der Waals surface area contributed by atoms with E-state index in [-0.39, 0.29) is 5.91 Å². The van der Waals surface area contributed by atoms with Gasteiger partial charge < -0.3 is 16.0 Å². The molecule has 0 saturated heterocycles. The second-order valence-electron chi connectivity index (χ2n) is 3.81. The van der Waals surface area contributed by atoms with Crippen molar-refractivity contribution in [2.45, 2.75) is 25.8 Å². The minimum absolute atomic E-state index is 0.0153. The zero-order chi connectivity index (χ0) is 11.7. The van der Waals surface area contributed by atoms with Gasteiger partial charge in [-0.1, -0.05) is 11.3 Å². The zero-order valence-electron chi connectivity index (χ0n) is 9.49. The Morgan fingerprint density at radius 1 is 1.69 bits per heavy atom. The van der Waals surface area contributed by atoms with E-state index in [0.29, 0.717) is 21.9 Å². The summed E-state index contributed by atoms with van der Waals surface area (Å²) in [6.45, 7) is 2.72. The maximum Gasteiger partial charge on any atom is 0.268 e. The molecule has 0 aromatic carbocycles. The molecule has 1 saturated carbocycles. The fourth-order valence-corrected chi connectivity index (χ4v) is 2.47. The second-order valence-corrected chi connectivity index (χ2v) is 4.80. The summed E-state index contributed by atoms with van der Waals surface area (Å²) in [5.74, 6) is 0.347. The number of carbonyl (C=O) groups excluding carboxylic acids is 1. The lowest BCUT2D eigenvalue weighted by molar-refractivity contribution is 0.0758. The molecule has 6 heteroatoms. The zero-order valence-corrected chi connectivity index (χ0v) is 10.3. The highest BCUT2D eigenvalue weighted by molar-refractivity contribution is 7.18. The summed E-state index contributed by atoms with van der Waals surface area (Å²) in [7, 11) is 1.77. The third-order valence-electron chi connectivity index (χ3n) is 2.65. The smallest absolute Gasteiger partial charge is 0.268 e. The number of anilines is 2. The van der Waals surface area contributed by atoms with E-state index in [1.807, 2.05) is 11.8 Å². The lowest BCUT2D eigenvalue weighted by atomic mass is 10.4. The van der Waals surface area contributed by atoms with Gasteiger partial charge in [0.25, 0.3) is 5.91 Å². The minimum atomic E-state index is 0.0153. The van der Waals surface area contributed by atoms with Crippen molar-refractivity contribution in [3.05, 3.63) is 4.88 Å². The summed E-state index contributed by atoms with van der Waals surface area (Å²) in [5.41, 5.74) is 5.74. The van der Waals surface area contributed by atoms with Crippen LogP contribution in [0, 0.1) is 0 Å². The van der Waals surface area contributed by atoms with Crippen molar-refractivity contribution < 1.29 is 4.79 Å². The lowest BCUT2D eigenvalue weighted by Gasteiger charge is -2.19. The van der Waals surface area contributed by atoms with Crippen molar-refractivity contribution in [1.82, 2.24) is 9.88 Å². The average Bonchev–Trinajstić information content (AvgIpc) is 3.02. The molecule has 0 aliphatic heterocycles. The SMILES string of the molecule is CCN(C(=O)c1sc(NC)nc1N)C1CC1. The summed E-state index contributed by atoms with van der Waals surface area (Å²) >= 11 is 1.32. The van der Waals surface area contributed by atoms with Gasteiger partial charge in [0.1, 0.15) is 10.7 Å². The highest BCUT2D eigenvalue weighted by Crippen LogP contribution is 2.31. The molecular formula is C10H16N4OS. The quantitative estimate of drug-likeness (QED) is 0.834. The normalized spacial score (nSPS) is 14.9. The summed E-state index contributed by atoms with van der Waals surface area (Å²) in [4.78, 5) is 18.7. The van der Waals surface area contributed by atoms with Crippen LogP contribution in [-0.4, -0.2) is 35.4 Å². The standard InChI is InChI=1S/C10H16N4OS/c1-3-14(6-4-5-6)9(15)7-8(11)13-10(12-2)16-7/h6H,3-5,11H2,1-2H3,(H,12,13). The van der Waals surface area contributed by atoms with Crippen LogP contribution in [0.25, 0.3) is 0 Å². The average molecular weight is 240 g/mol. The number of nitrogens with zero attached hydrogens (tertiary/aromatic N) is 2. The number of rotatable bonds is 4. The Balaban J connectivity index is 2.21. The van der Waals surface area contributed by atoms with E-state index in [2.05, 4.69) is 10.3 Å². The van der Waals surface area contributed by atoms with Crippen LogP contribution in [0.2, 0.25) is 0 Å². The molecule has 3 N–H and O–H groups in total. The van der Waals surface area contributed by atoms with Gasteiger partial charge in [0.15, 0.2) is 5.13 Å². The van der Waals surface area contributed by atoms with E-state index in [1.165, 1.54) is 11.3 Å². The highest BCUT2D eigenvalue weighted by atomic mass is 32.1. The first-order chi connectivity index (χ1) is 7.67. The fourth-order valence-electron chi connectivity index (χ4n) is 1.68. The van der Waals surface area contributed by atoms with Gasteiger partial charge >= 0.3 is 0 Å². The molecule has 1 aliphatic rings. The summed E-state index contributed by atoms with van der Waals surface area (Å²) in [5, 5.41) is 3.59. The van der Waals surface area contributed by atoms with Crippen molar-refractivity contribution in [2.24, 2.45) is 0 Å². The first kappa shape index (κ1) is 11.2. The monoisotopic (exact) mass is 240 g/mol. The van der Waals surface area contributed by atoms with E-state index in [4.69, 9.17) is 5.73 Å². The molecule has 2 rings (SSSR count). The highest BCUT2D eigenvalue weighted by Gasteiger charge is 2.33. The molecule has 0 spiro atoms. The van der Waals surface area contributed by atoms with Crippen LogP contribution >= 0.6 is 11.3 Å². The van der Waals surface area contributed by atoms with Crippen molar-refractivity contribution in [2.75, 3.05) is 24.6 Å². The molecule has 0 unspecified atom stereocenters. The van der Waals surface area contributed by atoms with Crippen LogP contribution in [0.4, 0.5) is 10.9 Å². The van der Waals surface area contributed by atoms with Gasteiger partial charge in [-0.05, 0) is 19.8 Å². The molecule has 16 heavy (non-hydrogen) atoms. The Labute approximate surface area is 98.7 Å². The van der Waals surface area contributed by atoms with Crippen LogP contribution in [0.1, 0.15) is 29.4 Å². The molecule has 88 valence electrons. The largest absolute Gasteiger partial charge is 0.382 e. The predicted octanol–water partition coefficient (Wildman–Crippen LogP) is 1.39. The van der Waals surface area contributed by atoms with Crippen LogP contribution in [0.5, 0.6) is 0 Å². The Kier molecular flexibility index (Phi) is 3.00. The van der Waals surface area contributed by atoms with Gasteiger partial charge in [-0.15, -0.1) is 0 Å². The van der Waals surface area contributed by atoms with Crippen molar-refractivity contribution in [3.8, 4) is 0 Å². The number of hydrogen-bond acceptors (Lipinski definition) is 5. The number of aromatic nitrogens is 1. The van der Waals surface area contributed by atoms with Crippen molar-refractivity contribution in [1.29, 1.82) is 0 Å². The minimum Gasteiger partial charge on any atom is -0.382 e. The van der Waals surface area contributed by atoms with Gasteiger partial charge in [-0.2, -0.15) is 0 Å². The molecule has 0 radical (unpaired) electrons. The molecule has 1 aliphatic carbocycles. The fraction of sp³-hybridized carbons (Fsp3) is 0.600. The topological polar surface area (TPSA) is 71.2 Å². The molecule has 5 nitrogen and oxygen atoms in total. The van der Waals surface area contributed by atoms with Crippen LogP contribution in [-0.2, 0) is 0 Å². The molecule has 1 fully saturated rings. The van der Waals surface area contributed by atoms with E-state index in [0.717, 1.165) is 19.4 Å². The number of nitrogen functional groups attached to an aromatic ring is 1. The predicted molar refractivity (Wildman–Crippen MR) is 65.8 cm³/mol. The van der Waals surface area contributed by atoms with Gasteiger partial charge in [0.05, 0.1) is 0 Å². The van der Waals surface area contributed by atoms with E-state index in [9.17, 15) is 4.79 Å². The first-order valence-corrected chi connectivity index (χ1v) is 6.24. The molecule has 0 bridgehead atoms. The number of carbonyl (C=O) groups is 1. The third-order valence-corrected chi connectivity index (χ3v) is 3.73. The van der Waals surface area contributed by atoms with E-state index in [1.54, 1.807) is 7.05 Å². The maximum absolute atomic E-state index is 12.2. The summed E-state index contributed by atoms with van der Waals surface area (Å²) in [6, 6.07) is 0.414. The first-order valence-electron chi connectivity index (χ1n) is 5.42. The van der Waals surface area contributed by atoms with Crippen LogP contribution in [0.15, 0.2) is 0 Å². The van der Waals surface area contributed by atoms with E-state index >= 15 is 0 Å². The Bertz CT molecular complexity index is 400. The second kappa shape index (κ2) is 4.29. The molecule has 0 atom stereocenters. The van der Waals surface area contributed by atoms with Gasteiger partial charge in [-0.3, -0.25) is 4.79 Å². The third kappa shape index (κ3) is 1.97. The number of thiazole rings is 1. The Morgan fingerprint density at radius 3 is 2.81 bits per heavy atom. The molecular weight excluding hydrogens is 224 g/mol.